The fourth-order valence-corrected chi connectivity index (χ4v) is 5.17. The number of hydrogen-bond acceptors (Lipinski definition) is 8. The second kappa shape index (κ2) is 10.9. The van der Waals surface area contributed by atoms with Gasteiger partial charge in [0.05, 0.1) is 12.1 Å². The van der Waals surface area contributed by atoms with Gasteiger partial charge in [-0.15, -0.1) is 11.3 Å². The van der Waals surface area contributed by atoms with Gasteiger partial charge in [0.1, 0.15) is 17.7 Å². The quantitative estimate of drug-likeness (QED) is 0.401. The number of anilines is 1. The molecule has 1 fully saturated rings. The van der Waals surface area contributed by atoms with Crippen molar-refractivity contribution >= 4 is 34.0 Å². The van der Waals surface area contributed by atoms with Crippen LogP contribution in [-0.4, -0.2) is 52.1 Å². The van der Waals surface area contributed by atoms with Gasteiger partial charge >= 0.3 is 0 Å². The third-order valence-corrected chi connectivity index (χ3v) is 7.14. The van der Waals surface area contributed by atoms with Gasteiger partial charge in [-0.2, -0.15) is 0 Å². The summed E-state index contributed by atoms with van der Waals surface area (Å²) in [7, 11) is 0. The largest absolute Gasteiger partial charge is 0.385 e. The average molecular weight is 468 g/mol. The molecule has 0 radical (unpaired) electrons. The number of aliphatic imine (C=N–C) groups is 2. The predicted molar refractivity (Wildman–Crippen MR) is 136 cm³/mol. The molecule has 8 nitrogen and oxygen atoms in total. The zero-order valence-corrected chi connectivity index (χ0v) is 20.1. The Balaban J connectivity index is 1.45. The van der Waals surface area contributed by atoms with Crippen LogP contribution in [0.5, 0.6) is 0 Å². The smallest absolute Gasteiger partial charge is 0.257 e. The Bertz CT molecular complexity index is 1000. The summed E-state index contributed by atoms with van der Waals surface area (Å²) < 4.78 is 0. The lowest BCUT2D eigenvalue weighted by Gasteiger charge is -2.33. The number of hydrogen-bond donors (Lipinski definition) is 3. The van der Waals surface area contributed by atoms with Gasteiger partial charge in [0.2, 0.25) is 0 Å². The number of carbonyl (C=O) groups excluding carboxylic acids is 1. The average Bonchev–Trinajstić information content (AvgIpc) is 3.44. The molecule has 176 valence electrons. The number of nitrogens with zero attached hydrogens (tertiary/aromatic N) is 4. The first-order valence-corrected chi connectivity index (χ1v) is 12.6. The molecule has 4 heterocycles. The zero-order valence-electron chi connectivity index (χ0n) is 19.3. The van der Waals surface area contributed by atoms with Crippen LogP contribution in [0.4, 0.5) is 5.13 Å². The van der Waals surface area contributed by atoms with Crippen LogP contribution >= 0.6 is 11.3 Å². The summed E-state index contributed by atoms with van der Waals surface area (Å²) in [6.45, 7) is 5.11. The highest BCUT2D eigenvalue weighted by molar-refractivity contribution is 7.15. The van der Waals surface area contributed by atoms with Crippen molar-refractivity contribution in [2.45, 2.75) is 70.5 Å². The molecule has 3 atom stereocenters. The maximum Gasteiger partial charge on any atom is 0.257 e. The Hall–Kier alpha value is -2.78. The third-order valence-electron chi connectivity index (χ3n) is 6.09. The molecule has 3 aliphatic heterocycles. The van der Waals surface area contributed by atoms with Crippen LogP contribution in [0.3, 0.4) is 0 Å². The minimum atomic E-state index is -0.143. The van der Waals surface area contributed by atoms with Gasteiger partial charge in [-0.3, -0.25) is 15.1 Å². The van der Waals surface area contributed by atoms with E-state index >= 15 is 0 Å². The third kappa shape index (κ3) is 5.42. The molecule has 0 aromatic carbocycles. The zero-order chi connectivity index (χ0) is 23.2. The molecule has 0 bridgehead atoms. The number of piperidine rings is 1. The molecular formula is C24H33N7OS. The molecule has 0 aliphatic carbocycles. The van der Waals surface area contributed by atoms with Gasteiger partial charge in [-0.25, -0.2) is 9.98 Å². The molecule has 1 aromatic rings. The monoisotopic (exact) mass is 467 g/mol. The lowest BCUT2D eigenvalue weighted by molar-refractivity contribution is -0.112. The second-order valence-electron chi connectivity index (χ2n) is 8.41. The molecule has 0 spiro atoms. The summed E-state index contributed by atoms with van der Waals surface area (Å²) in [5.41, 5.74) is 6.92. The number of rotatable bonds is 8. The lowest BCUT2D eigenvalue weighted by Crippen LogP contribution is -2.52. The van der Waals surface area contributed by atoms with E-state index in [9.17, 15) is 4.79 Å². The molecule has 1 saturated heterocycles. The number of fused-ring (bicyclic) bond motifs is 1. The number of allylic oxidation sites excluding steroid dienone is 1. The number of carbonyl (C=O) groups is 1. The fourth-order valence-electron chi connectivity index (χ4n) is 4.42. The highest BCUT2D eigenvalue weighted by atomic mass is 32.1. The summed E-state index contributed by atoms with van der Waals surface area (Å²) in [5, 5.41) is 7.14. The summed E-state index contributed by atoms with van der Waals surface area (Å²) in [4.78, 5) is 29.8. The maximum absolute atomic E-state index is 12.8. The van der Waals surface area contributed by atoms with Gasteiger partial charge in [0.15, 0.2) is 5.13 Å². The number of aryl methyl sites for hydroxylation is 1. The summed E-state index contributed by atoms with van der Waals surface area (Å²) in [6.07, 6.45) is 17.2. The van der Waals surface area contributed by atoms with Crippen molar-refractivity contribution in [1.82, 2.24) is 15.2 Å². The number of aromatic nitrogens is 1. The topological polar surface area (TPSA) is 108 Å². The van der Waals surface area contributed by atoms with Crippen LogP contribution in [0.15, 0.2) is 52.4 Å². The van der Waals surface area contributed by atoms with E-state index in [0.29, 0.717) is 23.0 Å². The first kappa shape index (κ1) is 23.4. The Labute approximate surface area is 199 Å². The highest BCUT2D eigenvalue weighted by Gasteiger charge is 2.41. The van der Waals surface area contributed by atoms with E-state index in [-0.39, 0.29) is 24.0 Å². The predicted octanol–water partition coefficient (Wildman–Crippen LogP) is 3.36. The molecule has 1 aromatic heterocycles. The molecule has 3 unspecified atom stereocenters. The first-order chi connectivity index (χ1) is 16.1. The minimum Gasteiger partial charge on any atom is -0.385 e. The van der Waals surface area contributed by atoms with Crippen LogP contribution < -0.4 is 16.4 Å². The van der Waals surface area contributed by atoms with E-state index in [1.807, 2.05) is 37.5 Å². The van der Waals surface area contributed by atoms with Gasteiger partial charge in [0, 0.05) is 29.0 Å². The van der Waals surface area contributed by atoms with E-state index in [0.717, 1.165) is 36.5 Å². The maximum atomic E-state index is 12.8. The molecule has 3 aliphatic rings. The van der Waals surface area contributed by atoms with Gasteiger partial charge < -0.3 is 16.0 Å². The highest BCUT2D eigenvalue weighted by Crippen LogP contribution is 2.28. The van der Waals surface area contributed by atoms with Gasteiger partial charge in [-0.1, -0.05) is 38.5 Å². The van der Waals surface area contributed by atoms with Crippen molar-refractivity contribution in [2.24, 2.45) is 15.7 Å². The normalized spacial score (nSPS) is 25.2. The van der Waals surface area contributed by atoms with E-state index in [2.05, 4.69) is 32.4 Å². The standard InChI is InChI=1S/C24H33N7OS/c1-3-8-16(23(32)30-24-28-15-17(4-2)33-24)9-7-11-18-20-21(25)27-13-14-31(20)22(29-18)19-10-5-6-12-26-19/h7-9,13-15,18-20,26H,3-6,10-12H2,1-2H3,(H2,25,27)(H,28,30,32)/b9-7-,16-8+. The van der Waals surface area contributed by atoms with Crippen molar-refractivity contribution < 1.29 is 4.79 Å². The number of nitrogens with two attached hydrogens (primary N) is 1. The number of nitrogens with one attached hydrogen (secondary N) is 2. The summed E-state index contributed by atoms with van der Waals surface area (Å²) in [6, 6.07) is 0.137. The minimum absolute atomic E-state index is 0.0364. The molecule has 4 N–H and O–H groups in total. The number of thiazole rings is 1. The number of amides is 1. The van der Waals surface area contributed by atoms with E-state index in [4.69, 9.17) is 10.7 Å². The molecule has 33 heavy (non-hydrogen) atoms. The van der Waals surface area contributed by atoms with Crippen LogP contribution in [-0.2, 0) is 11.2 Å². The molecule has 4 rings (SSSR count). The Morgan fingerprint density at radius 3 is 3.00 bits per heavy atom. The van der Waals surface area contributed by atoms with Crippen molar-refractivity contribution in [3.05, 3.63) is 47.3 Å². The van der Waals surface area contributed by atoms with E-state index in [1.54, 1.807) is 6.20 Å². The summed E-state index contributed by atoms with van der Waals surface area (Å²) in [5.74, 6) is 1.49. The van der Waals surface area contributed by atoms with E-state index < -0.39 is 0 Å². The van der Waals surface area contributed by atoms with Crippen LogP contribution in [0.1, 0.15) is 50.8 Å². The Kier molecular flexibility index (Phi) is 7.72. The fraction of sp³-hybridized carbons (Fsp3) is 0.500. The second-order valence-corrected chi connectivity index (χ2v) is 9.52. The first-order valence-electron chi connectivity index (χ1n) is 11.8. The number of amidine groups is 2. The molecule has 9 heteroatoms. The molecular weight excluding hydrogens is 434 g/mol. The van der Waals surface area contributed by atoms with Crippen LogP contribution in [0, 0.1) is 0 Å². The summed E-state index contributed by atoms with van der Waals surface area (Å²) >= 11 is 1.51. The van der Waals surface area contributed by atoms with Crippen molar-refractivity contribution in [3.8, 4) is 0 Å². The van der Waals surface area contributed by atoms with Crippen LogP contribution in [0.2, 0.25) is 0 Å². The van der Waals surface area contributed by atoms with Crippen LogP contribution in [0.25, 0.3) is 0 Å². The van der Waals surface area contributed by atoms with E-state index in [1.165, 1.54) is 24.2 Å². The van der Waals surface area contributed by atoms with Gasteiger partial charge in [0.25, 0.3) is 5.91 Å². The Morgan fingerprint density at radius 2 is 2.27 bits per heavy atom. The molecule has 0 saturated carbocycles. The SMILES string of the molecule is CC/C=C(\C=C/CC1N=C(C2CCCCN2)N2C=CN=C(N)C12)C(=O)Nc1ncc(CC)s1. The van der Waals surface area contributed by atoms with Crippen molar-refractivity contribution in [1.29, 1.82) is 0 Å². The van der Waals surface area contributed by atoms with Gasteiger partial charge in [-0.05, 0) is 38.6 Å². The Morgan fingerprint density at radius 1 is 1.39 bits per heavy atom. The van der Waals surface area contributed by atoms with Crippen molar-refractivity contribution in [3.63, 3.8) is 0 Å². The van der Waals surface area contributed by atoms with Crippen molar-refractivity contribution in [2.75, 3.05) is 11.9 Å². The molecule has 1 amide bonds. The lowest BCUT2D eigenvalue weighted by atomic mass is 10.0.